The summed E-state index contributed by atoms with van der Waals surface area (Å²) in [4.78, 5) is 11.7. The molecule has 0 aliphatic rings. The number of nitrogens with zero attached hydrogens (tertiary/aromatic N) is 2. The Balaban J connectivity index is 2.62. The van der Waals surface area contributed by atoms with Crippen LogP contribution in [0.2, 0.25) is 0 Å². The summed E-state index contributed by atoms with van der Waals surface area (Å²) in [5.74, 6) is -0.0324. The van der Waals surface area contributed by atoms with Crippen molar-refractivity contribution in [2.24, 2.45) is 13.0 Å². The summed E-state index contributed by atoms with van der Waals surface area (Å²) in [6, 6.07) is 0. The van der Waals surface area contributed by atoms with Crippen molar-refractivity contribution in [1.82, 2.24) is 15.1 Å². The molecule has 0 bridgehead atoms. The molecule has 1 atom stereocenters. The van der Waals surface area contributed by atoms with Gasteiger partial charge in [0.1, 0.15) is 0 Å². The van der Waals surface area contributed by atoms with Gasteiger partial charge in [0, 0.05) is 19.5 Å². The van der Waals surface area contributed by atoms with E-state index in [0.717, 1.165) is 11.4 Å². The average molecular weight is 210 g/mol. The number of hydrogen-bond donors (Lipinski definition) is 2. The second-order valence-corrected chi connectivity index (χ2v) is 3.72. The largest absolute Gasteiger partial charge is 0.323 e. The minimum atomic E-state index is -0.0467. The van der Waals surface area contributed by atoms with E-state index in [-0.39, 0.29) is 11.8 Å². The predicted molar refractivity (Wildman–Crippen MR) is 59.7 cm³/mol. The van der Waals surface area contributed by atoms with Crippen LogP contribution in [0.3, 0.4) is 0 Å². The molecule has 2 N–H and O–H groups in total. The minimum Gasteiger partial charge on any atom is -0.323 e. The Kier molecular flexibility index (Phi) is 3.85. The van der Waals surface area contributed by atoms with Crippen LogP contribution in [0, 0.1) is 12.8 Å². The molecule has 5 heteroatoms. The molecule has 0 spiro atoms. The quantitative estimate of drug-likeness (QED) is 0.762. The van der Waals surface area contributed by atoms with Crippen molar-refractivity contribution in [3.8, 4) is 0 Å². The number of aromatic nitrogens is 2. The molecule has 1 amide bonds. The van der Waals surface area contributed by atoms with Gasteiger partial charge in [0.25, 0.3) is 0 Å². The number of hydrogen-bond acceptors (Lipinski definition) is 3. The van der Waals surface area contributed by atoms with Gasteiger partial charge in [0.15, 0.2) is 0 Å². The van der Waals surface area contributed by atoms with Crippen molar-refractivity contribution in [2.75, 3.05) is 18.9 Å². The van der Waals surface area contributed by atoms with Crippen LogP contribution in [0.4, 0.5) is 5.69 Å². The molecule has 0 aliphatic heterocycles. The molecule has 0 fully saturated rings. The van der Waals surface area contributed by atoms with Gasteiger partial charge in [-0.1, -0.05) is 6.92 Å². The fraction of sp³-hybridized carbons (Fsp3) is 0.600. The molecule has 15 heavy (non-hydrogen) atoms. The van der Waals surface area contributed by atoms with E-state index in [4.69, 9.17) is 0 Å². The Morgan fingerprint density at radius 3 is 2.80 bits per heavy atom. The molecule has 84 valence electrons. The first-order valence-corrected chi connectivity index (χ1v) is 5.00. The van der Waals surface area contributed by atoms with Gasteiger partial charge < -0.3 is 10.6 Å². The number of nitrogens with one attached hydrogen (secondary N) is 2. The Morgan fingerprint density at radius 1 is 1.67 bits per heavy atom. The fourth-order valence-electron chi connectivity index (χ4n) is 1.28. The number of carbonyl (C=O) groups is 1. The van der Waals surface area contributed by atoms with Gasteiger partial charge in [-0.3, -0.25) is 9.48 Å². The molecular formula is C10H18N4O. The summed E-state index contributed by atoms with van der Waals surface area (Å²) in [6.45, 7) is 4.48. The molecular weight excluding hydrogens is 192 g/mol. The highest BCUT2D eigenvalue weighted by Crippen LogP contribution is 2.13. The summed E-state index contributed by atoms with van der Waals surface area (Å²) >= 11 is 0. The molecule has 5 nitrogen and oxygen atoms in total. The molecule has 1 aromatic rings. The molecule has 0 saturated carbocycles. The highest BCUT2D eigenvalue weighted by molar-refractivity contribution is 5.92. The maximum atomic E-state index is 11.7. The fourth-order valence-corrected chi connectivity index (χ4v) is 1.28. The van der Waals surface area contributed by atoms with E-state index in [1.807, 2.05) is 27.9 Å². The van der Waals surface area contributed by atoms with Gasteiger partial charge in [-0.15, -0.1) is 0 Å². The zero-order chi connectivity index (χ0) is 11.4. The average Bonchev–Trinajstić information content (AvgIpc) is 2.50. The summed E-state index contributed by atoms with van der Waals surface area (Å²) in [7, 11) is 3.68. The number of rotatable bonds is 4. The van der Waals surface area contributed by atoms with Gasteiger partial charge in [-0.25, -0.2) is 0 Å². The molecule has 0 radical (unpaired) electrons. The maximum absolute atomic E-state index is 11.7. The number of carbonyl (C=O) groups excluding carboxylic acids is 1. The summed E-state index contributed by atoms with van der Waals surface area (Å²) in [6.07, 6.45) is 1.67. The van der Waals surface area contributed by atoms with Crippen molar-refractivity contribution in [1.29, 1.82) is 0 Å². The van der Waals surface area contributed by atoms with E-state index < -0.39 is 0 Å². The van der Waals surface area contributed by atoms with Gasteiger partial charge in [-0.05, 0) is 14.0 Å². The van der Waals surface area contributed by atoms with E-state index in [1.165, 1.54) is 0 Å². The molecule has 1 heterocycles. The second kappa shape index (κ2) is 4.93. The van der Waals surface area contributed by atoms with Crippen molar-refractivity contribution in [2.45, 2.75) is 13.8 Å². The third kappa shape index (κ3) is 2.79. The number of amides is 1. The number of aryl methyl sites for hydroxylation is 1. The third-order valence-electron chi connectivity index (χ3n) is 2.45. The minimum absolute atomic E-state index is 0.0143. The lowest BCUT2D eigenvalue weighted by atomic mass is 10.1. The van der Waals surface area contributed by atoms with E-state index in [2.05, 4.69) is 15.7 Å². The Morgan fingerprint density at radius 2 is 2.33 bits per heavy atom. The first kappa shape index (κ1) is 11.7. The summed E-state index contributed by atoms with van der Waals surface area (Å²) in [5, 5.41) is 9.89. The van der Waals surface area contributed by atoms with Crippen LogP contribution in [-0.4, -0.2) is 29.3 Å². The topological polar surface area (TPSA) is 59.0 Å². The van der Waals surface area contributed by atoms with Crippen LogP contribution in [-0.2, 0) is 11.8 Å². The third-order valence-corrected chi connectivity index (χ3v) is 2.45. The first-order chi connectivity index (χ1) is 7.06. The SMILES string of the molecule is CNCC(C)C(=O)Nc1cnn(C)c1C. The lowest BCUT2D eigenvalue weighted by Gasteiger charge is -2.10. The summed E-state index contributed by atoms with van der Waals surface area (Å²) in [5.41, 5.74) is 1.74. The van der Waals surface area contributed by atoms with Crippen molar-refractivity contribution in [3.63, 3.8) is 0 Å². The van der Waals surface area contributed by atoms with Crippen LogP contribution in [0.1, 0.15) is 12.6 Å². The molecule has 1 rings (SSSR count). The van der Waals surface area contributed by atoms with E-state index in [0.29, 0.717) is 6.54 Å². The normalized spacial score (nSPS) is 12.5. The van der Waals surface area contributed by atoms with Gasteiger partial charge >= 0.3 is 0 Å². The Bertz CT molecular complexity index is 345. The van der Waals surface area contributed by atoms with Crippen LogP contribution in [0.5, 0.6) is 0 Å². The monoisotopic (exact) mass is 210 g/mol. The molecule has 1 aromatic heterocycles. The lowest BCUT2D eigenvalue weighted by Crippen LogP contribution is -2.28. The highest BCUT2D eigenvalue weighted by atomic mass is 16.1. The van der Waals surface area contributed by atoms with Gasteiger partial charge in [0.2, 0.25) is 5.91 Å². The van der Waals surface area contributed by atoms with Crippen LogP contribution in [0.15, 0.2) is 6.20 Å². The standard InChI is InChI=1S/C10H18N4O/c1-7(5-11-3)10(15)13-9-6-12-14(4)8(9)2/h6-7,11H,5H2,1-4H3,(H,13,15). The van der Waals surface area contributed by atoms with Crippen LogP contribution >= 0.6 is 0 Å². The van der Waals surface area contributed by atoms with Gasteiger partial charge in [0.05, 0.1) is 17.6 Å². The molecule has 0 saturated heterocycles. The van der Waals surface area contributed by atoms with Crippen LogP contribution < -0.4 is 10.6 Å². The number of anilines is 1. The zero-order valence-corrected chi connectivity index (χ0v) is 9.66. The summed E-state index contributed by atoms with van der Waals surface area (Å²) < 4.78 is 1.73. The zero-order valence-electron chi connectivity index (χ0n) is 9.66. The predicted octanol–water partition coefficient (Wildman–Crippen LogP) is 0.523. The maximum Gasteiger partial charge on any atom is 0.228 e. The Hall–Kier alpha value is -1.36. The van der Waals surface area contributed by atoms with Crippen LogP contribution in [0.25, 0.3) is 0 Å². The van der Waals surface area contributed by atoms with Crippen molar-refractivity contribution >= 4 is 11.6 Å². The van der Waals surface area contributed by atoms with E-state index in [9.17, 15) is 4.79 Å². The van der Waals surface area contributed by atoms with E-state index in [1.54, 1.807) is 10.9 Å². The molecule has 0 aliphatic carbocycles. The molecule has 0 aromatic carbocycles. The van der Waals surface area contributed by atoms with E-state index >= 15 is 0 Å². The lowest BCUT2D eigenvalue weighted by molar-refractivity contribution is -0.119. The smallest absolute Gasteiger partial charge is 0.228 e. The Labute approximate surface area is 89.9 Å². The van der Waals surface area contributed by atoms with Crippen molar-refractivity contribution < 1.29 is 4.79 Å². The van der Waals surface area contributed by atoms with Crippen molar-refractivity contribution in [3.05, 3.63) is 11.9 Å². The second-order valence-electron chi connectivity index (χ2n) is 3.72. The highest BCUT2D eigenvalue weighted by Gasteiger charge is 2.14. The van der Waals surface area contributed by atoms with Gasteiger partial charge in [-0.2, -0.15) is 5.10 Å². The molecule has 1 unspecified atom stereocenters. The first-order valence-electron chi connectivity index (χ1n) is 5.00.